The van der Waals surface area contributed by atoms with E-state index in [4.69, 9.17) is 33.1 Å². The van der Waals surface area contributed by atoms with Gasteiger partial charge in [-0.2, -0.15) is 0 Å². The summed E-state index contributed by atoms with van der Waals surface area (Å²) >= 11 is 0. The zero-order valence-corrected chi connectivity index (χ0v) is 23.7. The molecule has 0 heterocycles. The van der Waals surface area contributed by atoms with Crippen LogP contribution in [0.3, 0.4) is 0 Å². The molecular weight excluding hydrogens is 558 g/mol. The van der Waals surface area contributed by atoms with Crippen LogP contribution in [0.2, 0.25) is 0 Å². The second-order valence-electron chi connectivity index (χ2n) is 9.68. The number of aliphatic hydroxyl groups is 2. The van der Waals surface area contributed by atoms with Crippen molar-refractivity contribution in [2.24, 2.45) is 23.1 Å². The number of guanidine groups is 2. The van der Waals surface area contributed by atoms with E-state index in [-0.39, 0.29) is 56.6 Å². The van der Waals surface area contributed by atoms with Gasteiger partial charge in [0.25, 0.3) is 0 Å². The number of carboxylic acids is 1. The van der Waals surface area contributed by atoms with Crippen LogP contribution >= 0.6 is 0 Å². The van der Waals surface area contributed by atoms with Gasteiger partial charge in [0.15, 0.2) is 11.9 Å². The van der Waals surface area contributed by atoms with E-state index in [2.05, 4.69) is 31.9 Å². The third kappa shape index (κ3) is 15.0. The van der Waals surface area contributed by atoms with Crippen molar-refractivity contribution < 1.29 is 39.3 Å². The molecule has 0 saturated carbocycles. The second kappa shape index (κ2) is 19.8. The van der Waals surface area contributed by atoms with Crippen LogP contribution in [0.4, 0.5) is 0 Å². The van der Waals surface area contributed by atoms with E-state index in [1.807, 2.05) is 0 Å². The van der Waals surface area contributed by atoms with Crippen LogP contribution in [-0.2, 0) is 24.0 Å². The van der Waals surface area contributed by atoms with Crippen molar-refractivity contribution in [2.45, 2.75) is 69.7 Å². The molecule has 0 radical (unpaired) electrons. The second-order valence-corrected chi connectivity index (χ2v) is 9.68. The number of rotatable bonds is 20. The van der Waals surface area contributed by atoms with Gasteiger partial charge in [-0.1, -0.05) is 13.8 Å². The number of carboxylic acid groups (broad SMARTS) is 1. The van der Waals surface area contributed by atoms with Crippen molar-refractivity contribution >= 4 is 41.5 Å². The van der Waals surface area contributed by atoms with E-state index in [1.54, 1.807) is 13.8 Å². The number of amides is 4. The summed E-state index contributed by atoms with van der Waals surface area (Å²) in [6, 6.07) is -6.70. The predicted octanol–water partition coefficient (Wildman–Crippen LogP) is -5.50. The van der Waals surface area contributed by atoms with Crippen molar-refractivity contribution in [3.63, 3.8) is 0 Å². The van der Waals surface area contributed by atoms with E-state index < -0.39 is 73.0 Å². The first-order chi connectivity index (χ1) is 19.6. The van der Waals surface area contributed by atoms with Gasteiger partial charge in [0.1, 0.15) is 24.2 Å². The first-order valence-corrected chi connectivity index (χ1v) is 13.2. The van der Waals surface area contributed by atoms with E-state index >= 15 is 0 Å². The van der Waals surface area contributed by atoms with E-state index in [1.165, 1.54) is 0 Å². The minimum absolute atomic E-state index is 0.0376. The zero-order chi connectivity index (χ0) is 32.4. The fourth-order valence-electron chi connectivity index (χ4n) is 3.36. The SMILES string of the molecule is CC(C)[C@H](N)C(=O)N[C@@H](CO)C(=O)N[C@@H](CCCNC(=N)N)C(=O)N[C@@H](CCCNC(=N)N)C(=O)N[C@@H](CO)C(=O)O. The van der Waals surface area contributed by atoms with Crippen LogP contribution < -0.4 is 49.1 Å². The van der Waals surface area contributed by atoms with Crippen molar-refractivity contribution in [3.8, 4) is 0 Å². The molecule has 19 heteroatoms. The summed E-state index contributed by atoms with van der Waals surface area (Å²) in [6.07, 6.45) is 0.315. The number of hydrogen-bond acceptors (Lipinski definition) is 10. The molecule has 0 unspecified atom stereocenters. The molecule has 4 amide bonds. The van der Waals surface area contributed by atoms with Crippen LogP contribution in [0, 0.1) is 16.7 Å². The lowest BCUT2D eigenvalue weighted by molar-refractivity contribution is -0.143. The average Bonchev–Trinajstić information content (AvgIpc) is 2.91. The summed E-state index contributed by atoms with van der Waals surface area (Å²) < 4.78 is 0. The smallest absolute Gasteiger partial charge is 0.328 e. The van der Waals surface area contributed by atoms with Gasteiger partial charge in [-0.15, -0.1) is 0 Å². The summed E-state index contributed by atoms with van der Waals surface area (Å²) in [7, 11) is 0. The zero-order valence-electron chi connectivity index (χ0n) is 23.7. The molecule has 0 aliphatic rings. The Kier molecular flexibility index (Phi) is 17.8. The molecule has 0 saturated heterocycles. The highest BCUT2D eigenvalue weighted by Gasteiger charge is 2.31. The van der Waals surface area contributed by atoms with Gasteiger partial charge in [-0.05, 0) is 31.6 Å². The Bertz CT molecular complexity index is 949. The number of carbonyl (C=O) groups excluding carboxylic acids is 4. The summed E-state index contributed by atoms with van der Waals surface area (Å²) in [4.78, 5) is 62.6. The van der Waals surface area contributed by atoms with E-state index in [0.29, 0.717) is 0 Å². The minimum atomic E-state index is -1.65. The summed E-state index contributed by atoms with van der Waals surface area (Å²) in [5.74, 6) is -5.82. The lowest BCUT2D eigenvalue weighted by Crippen LogP contribution is -2.59. The van der Waals surface area contributed by atoms with Gasteiger partial charge in [-0.3, -0.25) is 30.0 Å². The first kappa shape index (κ1) is 37.8. The molecule has 0 fully saturated rings. The van der Waals surface area contributed by atoms with Crippen LogP contribution in [-0.4, -0.2) is 113 Å². The van der Waals surface area contributed by atoms with Crippen LogP contribution in [0.15, 0.2) is 0 Å². The Morgan fingerprint density at radius 1 is 0.667 bits per heavy atom. The third-order valence-electron chi connectivity index (χ3n) is 5.87. The molecule has 240 valence electrons. The van der Waals surface area contributed by atoms with Crippen molar-refractivity contribution in [1.29, 1.82) is 10.8 Å². The van der Waals surface area contributed by atoms with Crippen LogP contribution in [0.1, 0.15) is 39.5 Å². The monoisotopic (exact) mass is 603 g/mol. The van der Waals surface area contributed by atoms with Gasteiger partial charge in [0, 0.05) is 13.1 Å². The third-order valence-corrected chi connectivity index (χ3v) is 5.87. The largest absolute Gasteiger partial charge is 0.480 e. The van der Waals surface area contributed by atoms with E-state index in [9.17, 15) is 34.2 Å². The fraction of sp³-hybridized carbons (Fsp3) is 0.696. The molecule has 5 atom stereocenters. The normalized spacial score (nSPS) is 14.3. The average molecular weight is 604 g/mol. The number of carbonyl (C=O) groups is 5. The minimum Gasteiger partial charge on any atom is -0.480 e. The van der Waals surface area contributed by atoms with Gasteiger partial charge in [0.2, 0.25) is 23.6 Å². The van der Waals surface area contributed by atoms with Crippen LogP contribution in [0.25, 0.3) is 0 Å². The number of nitrogens with one attached hydrogen (secondary N) is 8. The Morgan fingerprint density at radius 2 is 1.02 bits per heavy atom. The number of nitrogens with two attached hydrogens (primary N) is 3. The standard InChI is InChI=1S/C23H45N11O8/c1-11(2)16(24)20(40)33-14(9-35)19(39)32-12(5-3-7-29-22(25)26)17(37)31-13(6-4-8-30-23(27)28)18(38)34-15(10-36)21(41)42/h11-16,35-36H,3-10,24H2,1-2H3,(H,31,37)(H,32,39)(H,33,40)(H,34,38)(H,41,42)(H4,25,26,29)(H4,27,28,30)/t12-,13-,14-,15-,16-/m0/s1. The molecule has 0 rings (SSSR count). The predicted molar refractivity (Wildman–Crippen MR) is 151 cm³/mol. The van der Waals surface area contributed by atoms with Gasteiger partial charge < -0.3 is 64.4 Å². The quantitative estimate of drug-likeness (QED) is 0.0351. The molecule has 19 nitrogen and oxygen atoms in total. The fourth-order valence-corrected chi connectivity index (χ4v) is 3.36. The molecule has 0 aliphatic heterocycles. The number of hydrogen-bond donors (Lipinski definition) is 14. The molecule has 0 aromatic rings. The molecule has 0 aliphatic carbocycles. The highest BCUT2D eigenvalue weighted by Crippen LogP contribution is 2.05. The van der Waals surface area contributed by atoms with Crippen molar-refractivity contribution in [1.82, 2.24) is 31.9 Å². The van der Waals surface area contributed by atoms with Crippen LogP contribution in [0.5, 0.6) is 0 Å². The van der Waals surface area contributed by atoms with Gasteiger partial charge in [0.05, 0.1) is 19.3 Å². The molecule has 0 aromatic carbocycles. The highest BCUT2D eigenvalue weighted by atomic mass is 16.4. The molecule has 0 spiro atoms. The van der Waals surface area contributed by atoms with Crippen molar-refractivity contribution in [2.75, 3.05) is 26.3 Å². The number of aliphatic carboxylic acids is 1. The topological polar surface area (TPSA) is 344 Å². The maximum absolute atomic E-state index is 13.3. The van der Waals surface area contributed by atoms with Gasteiger partial charge in [-0.25, -0.2) is 4.79 Å². The molecule has 0 bridgehead atoms. The molecule has 17 N–H and O–H groups in total. The molecular formula is C23H45N11O8. The summed E-state index contributed by atoms with van der Waals surface area (Å²) in [5, 5.41) is 57.0. The summed E-state index contributed by atoms with van der Waals surface area (Å²) in [5.41, 5.74) is 16.3. The van der Waals surface area contributed by atoms with Crippen molar-refractivity contribution in [3.05, 3.63) is 0 Å². The van der Waals surface area contributed by atoms with E-state index in [0.717, 1.165) is 0 Å². The maximum atomic E-state index is 13.3. The Balaban J connectivity index is 5.83. The molecule has 42 heavy (non-hydrogen) atoms. The lowest BCUT2D eigenvalue weighted by atomic mass is 10.0. The first-order valence-electron chi connectivity index (χ1n) is 13.2. The number of aliphatic hydroxyl groups excluding tert-OH is 2. The summed E-state index contributed by atoms with van der Waals surface area (Å²) in [6.45, 7) is 1.95. The van der Waals surface area contributed by atoms with Gasteiger partial charge >= 0.3 is 5.97 Å². The Labute approximate surface area is 243 Å². The Hall–Kier alpha value is -4.23. The highest BCUT2D eigenvalue weighted by molar-refractivity contribution is 5.95. The lowest BCUT2D eigenvalue weighted by Gasteiger charge is -2.26. The molecule has 0 aromatic heterocycles. The Morgan fingerprint density at radius 3 is 1.36 bits per heavy atom. The maximum Gasteiger partial charge on any atom is 0.328 e.